The third kappa shape index (κ3) is 3.53. The van der Waals surface area contributed by atoms with Gasteiger partial charge >= 0.3 is 0 Å². The zero-order valence-electron chi connectivity index (χ0n) is 14.2. The molecule has 0 bridgehead atoms. The molecule has 0 aliphatic carbocycles. The van der Waals surface area contributed by atoms with Crippen molar-refractivity contribution < 1.29 is 29.2 Å². The highest BCUT2D eigenvalue weighted by Gasteiger charge is 2.48. The normalized spacial score (nSPS) is 32.6. The number of hydrogen-bond acceptors (Lipinski definition) is 6. The quantitative estimate of drug-likeness (QED) is 0.870. The number of aliphatic hydroxyl groups is 2. The number of fused-ring (bicyclic) bond motifs is 1. The first-order valence-corrected chi connectivity index (χ1v) is 8.73. The maximum atomic E-state index is 10.3. The number of rotatable bonds is 4. The molecule has 2 aliphatic rings. The molecule has 2 aromatic rings. The Labute approximate surface area is 151 Å². The Morgan fingerprint density at radius 1 is 0.846 bits per heavy atom. The van der Waals surface area contributed by atoms with E-state index in [-0.39, 0.29) is 0 Å². The summed E-state index contributed by atoms with van der Waals surface area (Å²) in [4.78, 5) is 0. The molecule has 2 N–H and O–H groups in total. The minimum absolute atomic E-state index is 0.311. The fraction of sp³-hybridized carbons (Fsp3) is 0.400. The Balaban J connectivity index is 1.56. The van der Waals surface area contributed by atoms with Crippen LogP contribution in [0.15, 0.2) is 60.7 Å². The lowest BCUT2D eigenvalue weighted by Crippen LogP contribution is -2.58. The number of ether oxygens (including phenoxy) is 4. The molecule has 26 heavy (non-hydrogen) atoms. The van der Waals surface area contributed by atoms with Crippen LogP contribution in [0.25, 0.3) is 0 Å². The molecule has 6 heteroatoms. The van der Waals surface area contributed by atoms with Gasteiger partial charge in [0, 0.05) is 11.1 Å². The zero-order valence-corrected chi connectivity index (χ0v) is 14.2. The number of hydrogen-bond donors (Lipinski definition) is 2. The Morgan fingerprint density at radius 2 is 1.46 bits per heavy atom. The van der Waals surface area contributed by atoms with Crippen molar-refractivity contribution in [1.29, 1.82) is 0 Å². The van der Waals surface area contributed by atoms with Gasteiger partial charge in [-0.25, -0.2) is 0 Å². The van der Waals surface area contributed by atoms with Crippen molar-refractivity contribution in [3.63, 3.8) is 0 Å². The minimum Gasteiger partial charge on any atom is -0.394 e. The highest BCUT2D eigenvalue weighted by atomic mass is 16.8. The molecule has 138 valence electrons. The summed E-state index contributed by atoms with van der Waals surface area (Å²) in [5.41, 5.74) is 1.72. The molecule has 2 fully saturated rings. The van der Waals surface area contributed by atoms with Crippen LogP contribution in [0.3, 0.4) is 0 Å². The fourth-order valence-corrected chi connectivity index (χ4v) is 3.33. The smallest absolute Gasteiger partial charge is 0.184 e. The standard InChI is InChI=1S/C20H22O6/c21-11-15(22)17-18-16(24-20(25-17)14-9-5-2-6-10-14)12-23-19(26-18)13-7-3-1-4-8-13/h1-10,15-22H,11-12H2/t15-,16+,17+,18+,19+,20+/m1/s1. The van der Waals surface area contributed by atoms with E-state index >= 15 is 0 Å². The van der Waals surface area contributed by atoms with Crippen molar-refractivity contribution in [2.45, 2.75) is 37.0 Å². The molecule has 0 aromatic heterocycles. The van der Waals surface area contributed by atoms with Crippen molar-refractivity contribution in [1.82, 2.24) is 0 Å². The molecule has 4 rings (SSSR count). The summed E-state index contributed by atoms with van der Waals surface area (Å²) in [7, 11) is 0. The van der Waals surface area contributed by atoms with Gasteiger partial charge in [-0.2, -0.15) is 0 Å². The molecular formula is C20H22O6. The van der Waals surface area contributed by atoms with Gasteiger partial charge in [0.05, 0.1) is 13.2 Å². The molecule has 2 saturated heterocycles. The average Bonchev–Trinajstić information content (AvgIpc) is 2.73. The van der Waals surface area contributed by atoms with Crippen molar-refractivity contribution in [3.05, 3.63) is 71.8 Å². The molecule has 6 nitrogen and oxygen atoms in total. The van der Waals surface area contributed by atoms with Gasteiger partial charge in [0.1, 0.15) is 24.4 Å². The molecule has 6 atom stereocenters. The van der Waals surface area contributed by atoms with E-state index in [1.165, 1.54) is 0 Å². The second-order valence-electron chi connectivity index (χ2n) is 6.44. The summed E-state index contributed by atoms with van der Waals surface area (Å²) in [6, 6.07) is 19.1. The van der Waals surface area contributed by atoms with Crippen LogP contribution >= 0.6 is 0 Å². The summed E-state index contributed by atoms with van der Waals surface area (Å²) in [5.74, 6) is 0. The molecule has 0 saturated carbocycles. The predicted molar refractivity (Wildman–Crippen MR) is 92.0 cm³/mol. The van der Waals surface area contributed by atoms with Crippen molar-refractivity contribution >= 4 is 0 Å². The maximum Gasteiger partial charge on any atom is 0.184 e. The summed E-state index contributed by atoms with van der Waals surface area (Å²) < 4.78 is 23.9. The number of benzene rings is 2. The van der Waals surface area contributed by atoms with Crippen LogP contribution in [-0.4, -0.2) is 47.8 Å². The average molecular weight is 358 g/mol. The maximum absolute atomic E-state index is 10.3. The molecule has 2 heterocycles. The highest BCUT2D eigenvalue weighted by Crippen LogP contribution is 2.38. The van der Waals surface area contributed by atoms with Gasteiger partial charge in [-0.15, -0.1) is 0 Å². The van der Waals surface area contributed by atoms with Gasteiger partial charge in [-0.05, 0) is 0 Å². The predicted octanol–water partition coefficient (Wildman–Crippen LogP) is 1.94. The SMILES string of the molecule is OC[C@@H](O)[C@@H]1O[C@@H](c2ccccc2)O[C@H]2CO[C@H](c3ccccc3)O[C@H]12. The van der Waals surface area contributed by atoms with Crippen LogP contribution < -0.4 is 0 Å². The third-order valence-electron chi connectivity index (χ3n) is 4.67. The van der Waals surface area contributed by atoms with E-state index in [0.29, 0.717) is 6.61 Å². The van der Waals surface area contributed by atoms with Gasteiger partial charge < -0.3 is 29.2 Å². The Morgan fingerprint density at radius 3 is 2.08 bits per heavy atom. The second-order valence-corrected chi connectivity index (χ2v) is 6.44. The lowest BCUT2D eigenvalue weighted by Gasteiger charge is -2.47. The lowest BCUT2D eigenvalue weighted by atomic mass is 9.99. The minimum atomic E-state index is -1.08. The first kappa shape index (κ1) is 17.6. The molecule has 2 aliphatic heterocycles. The van der Waals surface area contributed by atoms with E-state index < -0.39 is 43.6 Å². The van der Waals surface area contributed by atoms with Crippen molar-refractivity contribution in [2.24, 2.45) is 0 Å². The van der Waals surface area contributed by atoms with Crippen LogP contribution in [0, 0.1) is 0 Å². The molecule has 0 amide bonds. The van der Waals surface area contributed by atoms with Gasteiger partial charge in [-0.1, -0.05) is 60.7 Å². The monoisotopic (exact) mass is 358 g/mol. The van der Waals surface area contributed by atoms with E-state index in [1.54, 1.807) is 0 Å². The highest BCUT2D eigenvalue weighted by molar-refractivity contribution is 5.18. The van der Waals surface area contributed by atoms with Gasteiger partial charge in [0.25, 0.3) is 0 Å². The van der Waals surface area contributed by atoms with E-state index in [0.717, 1.165) is 11.1 Å². The van der Waals surface area contributed by atoms with E-state index in [2.05, 4.69) is 0 Å². The zero-order chi connectivity index (χ0) is 17.9. The first-order valence-electron chi connectivity index (χ1n) is 8.73. The van der Waals surface area contributed by atoms with Crippen LogP contribution in [0.5, 0.6) is 0 Å². The fourth-order valence-electron chi connectivity index (χ4n) is 3.33. The van der Waals surface area contributed by atoms with Crippen LogP contribution in [0.2, 0.25) is 0 Å². The Kier molecular flexibility index (Phi) is 5.31. The topological polar surface area (TPSA) is 77.4 Å². The van der Waals surface area contributed by atoms with Gasteiger partial charge in [-0.3, -0.25) is 0 Å². The molecular weight excluding hydrogens is 336 g/mol. The van der Waals surface area contributed by atoms with E-state index in [9.17, 15) is 10.2 Å². The van der Waals surface area contributed by atoms with Gasteiger partial charge in [0.15, 0.2) is 12.6 Å². The van der Waals surface area contributed by atoms with Gasteiger partial charge in [0.2, 0.25) is 0 Å². The first-order chi connectivity index (χ1) is 12.8. The third-order valence-corrected chi connectivity index (χ3v) is 4.67. The summed E-state index contributed by atoms with van der Waals surface area (Å²) in [6.07, 6.45) is -3.96. The summed E-state index contributed by atoms with van der Waals surface area (Å²) in [6.45, 7) is -0.110. The molecule has 0 spiro atoms. The summed E-state index contributed by atoms with van der Waals surface area (Å²) >= 11 is 0. The number of aliphatic hydroxyl groups excluding tert-OH is 2. The lowest BCUT2D eigenvalue weighted by molar-refractivity contribution is -0.373. The van der Waals surface area contributed by atoms with Crippen LogP contribution in [-0.2, 0) is 18.9 Å². The van der Waals surface area contributed by atoms with Crippen LogP contribution in [0.1, 0.15) is 23.7 Å². The van der Waals surface area contributed by atoms with E-state index in [4.69, 9.17) is 18.9 Å². The van der Waals surface area contributed by atoms with Crippen molar-refractivity contribution in [3.8, 4) is 0 Å². The Hall–Kier alpha value is -1.80. The molecule has 0 unspecified atom stereocenters. The molecule has 2 aromatic carbocycles. The largest absolute Gasteiger partial charge is 0.394 e. The van der Waals surface area contributed by atoms with Crippen LogP contribution in [0.4, 0.5) is 0 Å². The summed E-state index contributed by atoms with van der Waals surface area (Å²) in [5, 5.41) is 19.8. The van der Waals surface area contributed by atoms with E-state index in [1.807, 2.05) is 60.7 Å². The second kappa shape index (κ2) is 7.84. The Bertz CT molecular complexity index is 692. The van der Waals surface area contributed by atoms with Crippen molar-refractivity contribution in [2.75, 3.05) is 13.2 Å². The molecule has 0 radical (unpaired) electrons.